The van der Waals surface area contributed by atoms with Crippen LogP contribution < -0.4 is 9.64 Å². The van der Waals surface area contributed by atoms with Crippen molar-refractivity contribution in [2.24, 2.45) is 11.8 Å². The molecular weight excluding hydrogens is 302 g/mol. The molecule has 5 heteroatoms. The van der Waals surface area contributed by atoms with Crippen molar-refractivity contribution in [2.45, 2.75) is 26.2 Å². The van der Waals surface area contributed by atoms with Gasteiger partial charge in [-0.3, -0.25) is 4.98 Å². The summed E-state index contributed by atoms with van der Waals surface area (Å²) in [6.45, 7) is 5.33. The van der Waals surface area contributed by atoms with Gasteiger partial charge in [0, 0.05) is 39.2 Å². The number of rotatable bonds is 6. The predicted octanol–water partition coefficient (Wildman–Crippen LogP) is 3.53. The molecule has 2 aromatic rings. The Morgan fingerprint density at radius 1 is 1.12 bits per heavy atom. The van der Waals surface area contributed by atoms with E-state index in [0.29, 0.717) is 11.8 Å². The normalized spacial score (nSPS) is 21.2. The second-order valence-electron chi connectivity index (χ2n) is 6.79. The number of aromatic nitrogens is 2. The third kappa shape index (κ3) is 3.61. The summed E-state index contributed by atoms with van der Waals surface area (Å²) in [4.78, 5) is 11.5. The van der Waals surface area contributed by atoms with E-state index in [4.69, 9.17) is 9.47 Å². The van der Waals surface area contributed by atoms with Crippen LogP contribution in [0.2, 0.25) is 0 Å². The average Bonchev–Trinajstić information content (AvgIpc) is 2.60. The second kappa shape index (κ2) is 7.79. The molecule has 1 aliphatic rings. The van der Waals surface area contributed by atoms with Crippen LogP contribution in [-0.4, -0.2) is 43.9 Å². The molecule has 130 valence electrons. The molecule has 0 spiro atoms. The fraction of sp³-hybridized carbons (Fsp3) is 0.579. The molecule has 2 heterocycles. The largest absolute Gasteiger partial charge is 0.494 e. The molecule has 0 radical (unpaired) electrons. The van der Waals surface area contributed by atoms with Gasteiger partial charge in [0.25, 0.3) is 0 Å². The number of benzene rings is 1. The number of piperidine rings is 1. The van der Waals surface area contributed by atoms with Crippen LogP contribution in [0.3, 0.4) is 0 Å². The first-order valence-electron chi connectivity index (χ1n) is 8.74. The number of anilines is 1. The second-order valence-corrected chi connectivity index (χ2v) is 6.79. The molecule has 0 aliphatic carbocycles. The summed E-state index contributed by atoms with van der Waals surface area (Å²) in [5, 5.41) is 0. The predicted molar refractivity (Wildman–Crippen MR) is 96.7 cm³/mol. The van der Waals surface area contributed by atoms with Gasteiger partial charge in [0.1, 0.15) is 16.8 Å². The Labute approximate surface area is 144 Å². The van der Waals surface area contributed by atoms with Gasteiger partial charge in [0.2, 0.25) is 0 Å². The Morgan fingerprint density at radius 3 is 2.67 bits per heavy atom. The van der Waals surface area contributed by atoms with Gasteiger partial charge < -0.3 is 14.4 Å². The van der Waals surface area contributed by atoms with Crippen LogP contribution in [0.5, 0.6) is 5.75 Å². The van der Waals surface area contributed by atoms with E-state index in [2.05, 4.69) is 27.9 Å². The van der Waals surface area contributed by atoms with Crippen molar-refractivity contribution >= 4 is 16.7 Å². The number of hydrogen-bond donors (Lipinski definition) is 0. The lowest BCUT2D eigenvalue weighted by atomic mass is 9.87. The van der Waals surface area contributed by atoms with E-state index < -0.39 is 0 Å². The molecule has 0 bridgehead atoms. The lowest BCUT2D eigenvalue weighted by Crippen LogP contribution is -2.40. The van der Waals surface area contributed by atoms with Crippen LogP contribution in [0.4, 0.5) is 5.69 Å². The summed E-state index contributed by atoms with van der Waals surface area (Å²) in [6, 6.07) is 4.13. The van der Waals surface area contributed by atoms with E-state index >= 15 is 0 Å². The van der Waals surface area contributed by atoms with Gasteiger partial charge in [0.05, 0.1) is 12.8 Å². The summed E-state index contributed by atoms with van der Waals surface area (Å²) in [5.41, 5.74) is 2.94. The van der Waals surface area contributed by atoms with Crippen LogP contribution >= 0.6 is 0 Å². The Morgan fingerprint density at radius 2 is 1.92 bits per heavy atom. The number of ether oxygens (including phenoxy) is 2. The summed E-state index contributed by atoms with van der Waals surface area (Å²) >= 11 is 0. The van der Waals surface area contributed by atoms with Crippen molar-refractivity contribution in [3.05, 3.63) is 24.5 Å². The highest BCUT2D eigenvalue weighted by Gasteiger charge is 2.26. The molecule has 1 aliphatic heterocycles. The molecule has 1 aromatic heterocycles. The zero-order valence-corrected chi connectivity index (χ0v) is 14.9. The third-order valence-electron chi connectivity index (χ3n) is 4.83. The molecule has 5 nitrogen and oxygen atoms in total. The highest BCUT2D eigenvalue weighted by atomic mass is 16.5. The first-order valence-corrected chi connectivity index (χ1v) is 8.74. The fourth-order valence-corrected chi connectivity index (χ4v) is 3.84. The van der Waals surface area contributed by atoms with Crippen molar-refractivity contribution in [3.63, 3.8) is 0 Å². The fourth-order valence-electron chi connectivity index (χ4n) is 3.84. The van der Waals surface area contributed by atoms with Crippen molar-refractivity contribution in [1.29, 1.82) is 0 Å². The lowest BCUT2D eigenvalue weighted by Gasteiger charge is -2.38. The molecule has 0 saturated carbocycles. The van der Waals surface area contributed by atoms with Crippen molar-refractivity contribution in [3.8, 4) is 5.75 Å². The number of methoxy groups -OCH3 is 2. The zero-order valence-electron chi connectivity index (χ0n) is 14.9. The summed E-state index contributed by atoms with van der Waals surface area (Å²) in [6.07, 6.45) is 7.12. The molecule has 1 aromatic carbocycles. The van der Waals surface area contributed by atoms with E-state index in [1.54, 1.807) is 26.6 Å². The smallest absolute Gasteiger partial charge is 0.146 e. The first-order chi connectivity index (χ1) is 11.7. The van der Waals surface area contributed by atoms with Crippen molar-refractivity contribution in [1.82, 2.24) is 9.97 Å². The van der Waals surface area contributed by atoms with Gasteiger partial charge in [-0.2, -0.15) is 0 Å². The molecule has 0 N–H and O–H groups in total. The molecule has 1 fully saturated rings. The lowest BCUT2D eigenvalue weighted by molar-refractivity contribution is 0.181. The maximum Gasteiger partial charge on any atom is 0.146 e. The minimum Gasteiger partial charge on any atom is -0.494 e. The van der Waals surface area contributed by atoms with Crippen molar-refractivity contribution < 1.29 is 9.47 Å². The van der Waals surface area contributed by atoms with Gasteiger partial charge in [-0.25, -0.2) is 4.98 Å². The number of fused-ring (bicyclic) bond motifs is 1. The number of nitrogens with zero attached hydrogens (tertiary/aromatic N) is 3. The molecule has 1 saturated heterocycles. The van der Waals surface area contributed by atoms with Gasteiger partial charge in [-0.15, -0.1) is 0 Å². The van der Waals surface area contributed by atoms with Gasteiger partial charge >= 0.3 is 0 Å². The Balaban J connectivity index is 1.86. The standard InChI is InChI=1S/C19H27N3O2/c1-14-11-15(5-4-10-23-2)13-22(12-14)16-6-7-17(24-3)19-18(16)20-8-9-21-19/h6-9,14-15H,4-5,10-13H2,1-3H3/t14-,15+/m0/s1. The maximum atomic E-state index is 5.44. The molecule has 2 atom stereocenters. The van der Waals surface area contributed by atoms with E-state index in [9.17, 15) is 0 Å². The van der Waals surface area contributed by atoms with E-state index in [0.717, 1.165) is 42.9 Å². The quantitative estimate of drug-likeness (QED) is 0.759. The van der Waals surface area contributed by atoms with Gasteiger partial charge in [-0.1, -0.05) is 6.92 Å². The molecule has 0 unspecified atom stereocenters. The van der Waals surface area contributed by atoms with Crippen LogP contribution in [-0.2, 0) is 4.74 Å². The van der Waals surface area contributed by atoms with E-state index in [-0.39, 0.29) is 0 Å². The summed E-state index contributed by atoms with van der Waals surface area (Å²) in [7, 11) is 3.45. The van der Waals surface area contributed by atoms with Gasteiger partial charge in [0.15, 0.2) is 0 Å². The Hall–Kier alpha value is -1.88. The molecular formula is C19H27N3O2. The minimum absolute atomic E-state index is 0.681. The monoisotopic (exact) mass is 329 g/mol. The maximum absolute atomic E-state index is 5.44. The zero-order chi connectivity index (χ0) is 16.9. The summed E-state index contributed by atoms with van der Waals surface area (Å²) < 4.78 is 10.7. The van der Waals surface area contributed by atoms with Crippen LogP contribution in [0.1, 0.15) is 26.2 Å². The van der Waals surface area contributed by atoms with Crippen LogP contribution in [0, 0.1) is 11.8 Å². The average molecular weight is 329 g/mol. The minimum atomic E-state index is 0.681. The van der Waals surface area contributed by atoms with E-state index in [1.165, 1.54) is 18.5 Å². The Kier molecular flexibility index (Phi) is 5.51. The molecule has 24 heavy (non-hydrogen) atoms. The number of hydrogen-bond acceptors (Lipinski definition) is 5. The molecule has 0 amide bonds. The van der Waals surface area contributed by atoms with Crippen LogP contribution in [0.25, 0.3) is 11.0 Å². The van der Waals surface area contributed by atoms with Crippen molar-refractivity contribution in [2.75, 3.05) is 38.8 Å². The SMILES string of the molecule is COCCC[C@@H]1C[C@H](C)CN(c2ccc(OC)c3nccnc23)C1. The molecule has 3 rings (SSSR count). The van der Waals surface area contributed by atoms with Gasteiger partial charge in [-0.05, 0) is 43.2 Å². The highest BCUT2D eigenvalue weighted by molar-refractivity contribution is 5.92. The third-order valence-corrected chi connectivity index (χ3v) is 4.83. The summed E-state index contributed by atoms with van der Waals surface area (Å²) in [5.74, 6) is 2.17. The van der Waals surface area contributed by atoms with Crippen LogP contribution in [0.15, 0.2) is 24.5 Å². The topological polar surface area (TPSA) is 47.5 Å². The highest BCUT2D eigenvalue weighted by Crippen LogP contribution is 2.35. The Bertz CT molecular complexity index is 677. The van der Waals surface area contributed by atoms with E-state index in [1.807, 2.05) is 6.07 Å². The first kappa shape index (κ1) is 17.0.